The molecule has 0 spiro atoms. The molecule has 1 aromatic carbocycles. The van der Waals surface area contributed by atoms with Gasteiger partial charge in [-0.15, -0.1) is 12.4 Å². The van der Waals surface area contributed by atoms with Crippen LogP contribution in [0.4, 0.5) is 0 Å². The second-order valence-corrected chi connectivity index (χ2v) is 5.75. The molecule has 0 radical (unpaired) electrons. The maximum absolute atomic E-state index is 12.0. The number of para-hydroxylation sites is 1. The molecule has 1 aromatic rings. The van der Waals surface area contributed by atoms with Gasteiger partial charge >= 0.3 is 5.97 Å². The molecule has 1 unspecified atom stereocenters. The van der Waals surface area contributed by atoms with Gasteiger partial charge in [0.15, 0.2) is 0 Å². The average molecular weight is 359 g/mol. The van der Waals surface area contributed by atoms with Crippen molar-refractivity contribution >= 4 is 24.3 Å². The molecule has 136 valence electrons. The summed E-state index contributed by atoms with van der Waals surface area (Å²) in [5.41, 5.74) is 6.69. The topological polar surface area (TPSA) is 90.7 Å². The Morgan fingerprint density at radius 3 is 2.38 bits per heavy atom. The molecule has 0 aromatic heterocycles. The molecule has 0 aliphatic carbocycles. The summed E-state index contributed by atoms with van der Waals surface area (Å²) < 4.78 is 10.1. The number of halogens is 1. The summed E-state index contributed by atoms with van der Waals surface area (Å²) >= 11 is 0. The highest BCUT2D eigenvalue weighted by Crippen LogP contribution is 2.21. The molecule has 0 aliphatic heterocycles. The first-order valence-electron chi connectivity index (χ1n) is 7.63. The van der Waals surface area contributed by atoms with Crippen molar-refractivity contribution in [2.75, 3.05) is 20.8 Å². The molecule has 0 saturated heterocycles. The second-order valence-electron chi connectivity index (χ2n) is 5.75. The van der Waals surface area contributed by atoms with Crippen molar-refractivity contribution < 1.29 is 19.1 Å². The van der Waals surface area contributed by atoms with Crippen molar-refractivity contribution in [3.8, 4) is 5.75 Å². The molecule has 0 bridgehead atoms. The van der Waals surface area contributed by atoms with Crippen LogP contribution in [0.3, 0.4) is 0 Å². The fourth-order valence-electron chi connectivity index (χ4n) is 2.19. The van der Waals surface area contributed by atoms with E-state index in [9.17, 15) is 9.59 Å². The van der Waals surface area contributed by atoms with Gasteiger partial charge in [-0.1, -0.05) is 32.0 Å². The Hall–Kier alpha value is -1.79. The van der Waals surface area contributed by atoms with Crippen LogP contribution in [0, 0.1) is 11.8 Å². The zero-order chi connectivity index (χ0) is 17.4. The van der Waals surface area contributed by atoms with Crippen LogP contribution in [-0.4, -0.2) is 38.7 Å². The molecule has 0 aliphatic rings. The van der Waals surface area contributed by atoms with Crippen molar-refractivity contribution in [3.05, 3.63) is 29.8 Å². The lowest BCUT2D eigenvalue weighted by molar-refractivity contribution is -0.145. The number of hydrogen-bond acceptors (Lipinski definition) is 5. The summed E-state index contributed by atoms with van der Waals surface area (Å²) in [6.45, 7) is 3.91. The van der Waals surface area contributed by atoms with E-state index in [4.69, 9.17) is 15.2 Å². The van der Waals surface area contributed by atoms with Crippen molar-refractivity contribution in [2.45, 2.75) is 26.3 Å². The number of esters is 1. The maximum atomic E-state index is 12.0. The summed E-state index contributed by atoms with van der Waals surface area (Å²) in [4.78, 5) is 23.9. The number of nitrogens with two attached hydrogens (primary N) is 1. The second kappa shape index (κ2) is 10.9. The first-order chi connectivity index (χ1) is 10.9. The van der Waals surface area contributed by atoms with E-state index in [1.165, 1.54) is 7.11 Å². The third kappa shape index (κ3) is 6.37. The first-order valence-corrected chi connectivity index (χ1v) is 7.63. The van der Waals surface area contributed by atoms with Gasteiger partial charge in [-0.3, -0.25) is 9.59 Å². The monoisotopic (exact) mass is 358 g/mol. The Balaban J connectivity index is 0.00000529. The zero-order valence-electron chi connectivity index (χ0n) is 14.6. The molecular weight excluding hydrogens is 332 g/mol. The number of nitrogens with one attached hydrogen (secondary N) is 1. The lowest BCUT2D eigenvalue weighted by Crippen LogP contribution is -2.46. The van der Waals surface area contributed by atoms with E-state index in [0.717, 1.165) is 5.56 Å². The number of carbonyl (C=O) groups is 2. The van der Waals surface area contributed by atoms with Gasteiger partial charge in [-0.2, -0.15) is 0 Å². The minimum absolute atomic E-state index is 0. The van der Waals surface area contributed by atoms with Gasteiger partial charge < -0.3 is 20.5 Å². The van der Waals surface area contributed by atoms with E-state index in [2.05, 4.69) is 5.32 Å². The van der Waals surface area contributed by atoms with Gasteiger partial charge in [0.1, 0.15) is 5.75 Å². The third-order valence-corrected chi connectivity index (χ3v) is 3.74. The van der Waals surface area contributed by atoms with E-state index >= 15 is 0 Å². The van der Waals surface area contributed by atoms with Gasteiger partial charge in [0.25, 0.3) is 0 Å². The minimum Gasteiger partial charge on any atom is -0.496 e. The predicted octanol–water partition coefficient (Wildman–Crippen LogP) is 1.55. The maximum Gasteiger partial charge on any atom is 0.310 e. The van der Waals surface area contributed by atoms with Crippen LogP contribution in [0.1, 0.15) is 19.4 Å². The molecule has 1 rings (SSSR count). The molecule has 0 saturated carbocycles. The van der Waals surface area contributed by atoms with Crippen molar-refractivity contribution in [1.82, 2.24) is 5.32 Å². The number of ether oxygens (including phenoxy) is 2. The zero-order valence-corrected chi connectivity index (χ0v) is 15.4. The minimum atomic E-state index is -0.598. The number of hydrogen-bond donors (Lipinski definition) is 2. The highest BCUT2D eigenvalue weighted by Gasteiger charge is 2.24. The summed E-state index contributed by atoms with van der Waals surface area (Å²) in [7, 11) is 2.91. The summed E-state index contributed by atoms with van der Waals surface area (Å²) in [5.74, 6) is -0.421. The summed E-state index contributed by atoms with van der Waals surface area (Å²) in [5, 5.41) is 2.73. The van der Waals surface area contributed by atoms with Crippen molar-refractivity contribution in [3.63, 3.8) is 0 Å². The molecule has 0 heterocycles. The van der Waals surface area contributed by atoms with E-state index < -0.39 is 12.0 Å². The van der Waals surface area contributed by atoms with Gasteiger partial charge in [0.2, 0.25) is 5.91 Å². The predicted molar refractivity (Wildman–Crippen MR) is 95.3 cm³/mol. The first kappa shape index (κ1) is 22.2. The Bertz CT molecular complexity index is 537. The number of rotatable bonds is 8. The summed E-state index contributed by atoms with van der Waals surface area (Å²) in [6, 6.07) is 6.85. The molecule has 24 heavy (non-hydrogen) atoms. The van der Waals surface area contributed by atoms with E-state index in [-0.39, 0.29) is 36.7 Å². The number of carbonyl (C=O) groups excluding carboxylic acids is 2. The third-order valence-electron chi connectivity index (χ3n) is 3.74. The Labute approximate surface area is 149 Å². The van der Waals surface area contributed by atoms with Crippen LogP contribution < -0.4 is 15.8 Å². The van der Waals surface area contributed by atoms with Gasteiger partial charge in [0.05, 0.1) is 26.2 Å². The van der Waals surface area contributed by atoms with E-state index in [1.807, 2.05) is 38.1 Å². The number of methoxy groups -OCH3 is 2. The largest absolute Gasteiger partial charge is 0.496 e. The lowest BCUT2D eigenvalue weighted by Gasteiger charge is -2.20. The van der Waals surface area contributed by atoms with Crippen LogP contribution in [0.5, 0.6) is 5.75 Å². The highest BCUT2D eigenvalue weighted by atomic mass is 35.5. The molecule has 3 N–H and O–H groups in total. The van der Waals surface area contributed by atoms with Crippen molar-refractivity contribution in [2.24, 2.45) is 17.6 Å². The Kier molecular flexibility index (Phi) is 10.1. The van der Waals surface area contributed by atoms with Gasteiger partial charge in [-0.05, 0) is 24.0 Å². The SMILES string of the molecule is COC(=O)C(CNC(=O)[C@@H](N)C(C)C)Cc1ccccc1OC.Cl. The molecule has 7 heteroatoms. The molecular formula is C17H27ClN2O4. The van der Waals surface area contributed by atoms with Crippen LogP contribution in [0.15, 0.2) is 24.3 Å². The van der Waals surface area contributed by atoms with Crippen LogP contribution in [0.25, 0.3) is 0 Å². The summed E-state index contributed by atoms with van der Waals surface area (Å²) in [6.07, 6.45) is 0.411. The molecule has 6 nitrogen and oxygen atoms in total. The van der Waals surface area contributed by atoms with E-state index in [1.54, 1.807) is 7.11 Å². The Morgan fingerprint density at radius 2 is 1.83 bits per heavy atom. The van der Waals surface area contributed by atoms with Gasteiger partial charge in [-0.25, -0.2) is 0 Å². The lowest BCUT2D eigenvalue weighted by atomic mass is 9.98. The normalized spacial score (nSPS) is 12.8. The Morgan fingerprint density at radius 1 is 1.21 bits per heavy atom. The molecule has 0 fully saturated rings. The van der Waals surface area contributed by atoms with E-state index in [0.29, 0.717) is 12.2 Å². The van der Waals surface area contributed by atoms with Crippen LogP contribution >= 0.6 is 12.4 Å². The molecule has 2 atom stereocenters. The smallest absolute Gasteiger partial charge is 0.310 e. The van der Waals surface area contributed by atoms with Crippen LogP contribution in [0.2, 0.25) is 0 Å². The fourth-order valence-corrected chi connectivity index (χ4v) is 2.19. The number of amides is 1. The quantitative estimate of drug-likeness (QED) is 0.688. The highest BCUT2D eigenvalue weighted by molar-refractivity contribution is 5.85. The standard InChI is InChI=1S/C17H26N2O4.ClH/c1-11(2)15(18)16(20)19-10-13(17(21)23-4)9-12-7-5-6-8-14(12)22-3;/h5-8,11,13,15H,9-10,18H2,1-4H3,(H,19,20);1H/t13?,15-;/m0./s1. The molecule has 1 amide bonds. The van der Waals surface area contributed by atoms with Gasteiger partial charge in [0, 0.05) is 6.54 Å². The number of benzene rings is 1. The van der Waals surface area contributed by atoms with Crippen molar-refractivity contribution in [1.29, 1.82) is 0 Å². The van der Waals surface area contributed by atoms with Crippen LogP contribution in [-0.2, 0) is 20.7 Å². The average Bonchev–Trinajstić information content (AvgIpc) is 2.56. The fraction of sp³-hybridized carbons (Fsp3) is 0.529.